The van der Waals surface area contributed by atoms with E-state index in [1.165, 1.54) is 5.57 Å². The maximum Gasteiger partial charge on any atom is 0.136 e. The molecule has 0 heterocycles. The van der Waals surface area contributed by atoms with Crippen LogP contribution in [0.1, 0.15) is 85.5 Å². The van der Waals surface area contributed by atoms with E-state index in [4.69, 9.17) is 0 Å². The normalized spacial score (nSPS) is 37.8. The highest BCUT2D eigenvalue weighted by Crippen LogP contribution is 2.59. The van der Waals surface area contributed by atoms with E-state index >= 15 is 0 Å². The molecule has 2 unspecified atom stereocenters. The number of ketones is 1. The molecule has 0 bridgehead atoms. The zero-order chi connectivity index (χ0) is 23.0. The highest BCUT2D eigenvalue weighted by molar-refractivity contribution is 5.81. The van der Waals surface area contributed by atoms with E-state index in [2.05, 4.69) is 32.6 Å². The molecule has 0 saturated heterocycles. The molecule has 4 nitrogen and oxygen atoms in total. The van der Waals surface area contributed by atoms with Gasteiger partial charge in [0.25, 0.3) is 0 Å². The van der Waals surface area contributed by atoms with E-state index in [0.29, 0.717) is 37.5 Å². The van der Waals surface area contributed by atoms with Crippen LogP contribution in [-0.2, 0) is 4.79 Å². The van der Waals surface area contributed by atoms with E-state index in [1.54, 1.807) is 13.8 Å². The van der Waals surface area contributed by atoms with Crippen LogP contribution in [0.15, 0.2) is 35.5 Å². The summed E-state index contributed by atoms with van der Waals surface area (Å²) < 4.78 is 0. The third-order valence-electron chi connectivity index (χ3n) is 8.40. The minimum absolute atomic E-state index is 0.0264. The molecule has 31 heavy (non-hydrogen) atoms. The van der Waals surface area contributed by atoms with Crippen LogP contribution in [0.25, 0.3) is 0 Å². The molecule has 3 saturated carbocycles. The van der Waals surface area contributed by atoms with Crippen LogP contribution >= 0.6 is 0 Å². The fourth-order valence-corrected chi connectivity index (χ4v) is 6.45. The molecule has 0 aliphatic heterocycles. The lowest BCUT2D eigenvalue weighted by Gasteiger charge is -2.44. The number of fused-ring (bicyclic) bond motifs is 1. The van der Waals surface area contributed by atoms with Gasteiger partial charge in [-0.1, -0.05) is 38.2 Å². The second-order valence-electron chi connectivity index (χ2n) is 11.2. The van der Waals surface area contributed by atoms with Crippen molar-refractivity contribution in [1.82, 2.24) is 0 Å². The van der Waals surface area contributed by atoms with Crippen molar-refractivity contribution in [1.29, 1.82) is 0 Å². The lowest BCUT2D eigenvalue weighted by atomic mass is 9.60. The molecule has 0 amide bonds. The Morgan fingerprint density at radius 2 is 2.00 bits per heavy atom. The van der Waals surface area contributed by atoms with Gasteiger partial charge < -0.3 is 15.3 Å². The third kappa shape index (κ3) is 5.40. The number of aliphatic hydroxyl groups is 3. The van der Waals surface area contributed by atoms with Gasteiger partial charge >= 0.3 is 0 Å². The summed E-state index contributed by atoms with van der Waals surface area (Å²) in [5, 5.41) is 30.1. The van der Waals surface area contributed by atoms with Gasteiger partial charge in [-0.3, -0.25) is 4.79 Å². The first-order valence-electron chi connectivity index (χ1n) is 12.1. The first-order chi connectivity index (χ1) is 14.4. The molecule has 0 aromatic heterocycles. The minimum atomic E-state index is -0.796. The molecule has 174 valence electrons. The number of Topliss-reactive ketones (excluding diaryl/α,β-unsaturated/α-hetero) is 1. The van der Waals surface area contributed by atoms with Gasteiger partial charge in [-0.2, -0.15) is 0 Å². The van der Waals surface area contributed by atoms with Crippen molar-refractivity contribution in [2.75, 3.05) is 0 Å². The van der Waals surface area contributed by atoms with Gasteiger partial charge in [0.05, 0.1) is 17.8 Å². The molecule has 4 heteroatoms. The Kier molecular flexibility index (Phi) is 7.35. The largest absolute Gasteiger partial charge is 0.393 e. The summed E-state index contributed by atoms with van der Waals surface area (Å²) in [7, 11) is 0. The van der Waals surface area contributed by atoms with Gasteiger partial charge in [-0.15, -0.1) is 0 Å². The average Bonchev–Trinajstić information content (AvgIpc) is 3.04. The third-order valence-corrected chi connectivity index (χ3v) is 8.40. The monoisotopic (exact) mass is 430 g/mol. The second-order valence-corrected chi connectivity index (χ2v) is 11.2. The first-order valence-corrected chi connectivity index (χ1v) is 12.1. The summed E-state index contributed by atoms with van der Waals surface area (Å²) in [4.78, 5) is 12.9. The van der Waals surface area contributed by atoms with Crippen LogP contribution in [0.2, 0.25) is 0 Å². The van der Waals surface area contributed by atoms with Crippen molar-refractivity contribution < 1.29 is 20.1 Å². The van der Waals surface area contributed by atoms with E-state index in [9.17, 15) is 20.1 Å². The number of hydrogen-bond donors (Lipinski definition) is 3. The molecule has 0 radical (unpaired) electrons. The summed E-state index contributed by atoms with van der Waals surface area (Å²) in [6.07, 6.45) is 10.6. The van der Waals surface area contributed by atoms with Crippen LogP contribution in [0.3, 0.4) is 0 Å². The quantitative estimate of drug-likeness (QED) is 0.561. The van der Waals surface area contributed by atoms with Gasteiger partial charge in [-0.25, -0.2) is 0 Å². The Balaban J connectivity index is 1.75. The predicted molar refractivity (Wildman–Crippen MR) is 124 cm³/mol. The fraction of sp³-hybridized carbons (Fsp3) is 0.741. The SMILES string of the molecule is C=C1/C(=C\C=C2CCC[C@@]3(C)C2CC[C@@H]3[C@H](C)C(=O)CCC(C)(C)O)C[C@@H](O)CC1O. The molecule has 6 atom stereocenters. The van der Waals surface area contributed by atoms with E-state index in [0.717, 1.165) is 43.3 Å². The van der Waals surface area contributed by atoms with Crippen molar-refractivity contribution in [2.24, 2.45) is 23.2 Å². The van der Waals surface area contributed by atoms with Crippen LogP contribution in [0, 0.1) is 23.2 Å². The van der Waals surface area contributed by atoms with E-state index in [-0.39, 0.29) is 17.1 Å². The topological polar surface area (TPSA) is 77.8 Å². The van der Waals surface area contributed by atoms with Crippen molar-refractivity contribution in [2.45, 2.75) is 103 Å². The van der Waals surface area contributed by atoms with Gasteiger partial charge in [0.1, 0.15) is 5.78 Å². The standard InChI is InChI=1S/C27H42O4/c1-17-20(15-21(28)16-25(17)30)9-8-19-7-6-13-27(5)22(10-11-23(19)27)18(2)24(29)12-14-26(3,4)31/h8-9,18,21-23,25,28,30-31H,1,6-7,10-16H2,2-5H3/b19-8?,20-9-/t18-,21+,22+,23?,25?,27+/m0/s1. The first kappa shape index (κ1) is 24.4. The number of carbonyl (C=O) groups excluding carboxylic acids is 1. The number of aliphatic hydroxyl groups excluding tert-OH is 2. The maximum atomic E-state index is 12.9. The van der Waals surface area contributed by atoms with Gasteiger partial charge in [0, 0.05) is 18.8 Å². The molecule has 3 fully saturated rings. The van der Waals surface area contributed by atoms with E-state index in [1.807, 2.05) is 0 Å². The molecule has 3 N–H and O–H groups in total. The Morgan fingerprint density at radius 3 is 2.68 bits per heavy atom. The summed E-state index contributed by atoms with van der Waals surface area (Å²) in [6, 6.07) is 0. The molecule has 3 aliphatic rings. The van der Waals surface area contributed by atoms with Crippen molar-refractivity contribution in [3.8, 4) is 0 Å². The van der Waals surface area contributed by atoms with Crippen LogP contribution in [0.5, 0.6) is 0 Å². The van der Waals surface area contributed by atoms with Gasteiger partial charge in [-0.05, 0) is 87.2 Å². The van der Waals surface area contributed by atoms with Gasteiger partial charge in [0.2, 0.25) is 0 Å². The Hall–Kier alpha value is -1.23. The van der Waals surface area contributed by atoms with Crippen LogP contribution in [-0.4, -0.2) is 38.9 Å². The van der Waals surface area contributed by atoms with Crippen molar-refractivity contribution >= 4 is 5.78 Å². The number of rotatable bonds is 6. The minimum Gasteiger partial charge on any atom is -0.393 e. The molecule has 0 aromatic rings. The Bertz CT molecular complexity index is 756. The second kappa shape index (κ2) is 9.33. The molecule has 0 spiro atoms. The predicted octanol–water partition coefficient (Wildman–Crippen LogP) is 4.88. The molecular formula is C27H42O4. The lowest BCUT2D eigenvalue weighted by Crippen LogP contribution is -2.38. The highest BCUT2D eigenvalue weighted by Gasteiger charge is 2.51. The van der Waals surface area contributed by atoms with Gasteiger partial charge in [0.15, 0.2) is 0 Å². The smallest absolute Gasteiger partial charge is 0.136 e. The number of hydrogen-bond acceptors (Lipinski definition) is 4. The summed E-state index contributed by atoms with van der Waals surface area (Å²) in [6.45, 7) is 12.0. The van der Waals surface area contributed by atoms with Crippen LogP contribution in [0.4, 0.5) is 0 Å². The molecule has 3 rings (SSSR count). The zero-order valence-electron chi connectivity index (χ0n) is 19.9. The fourth-order valence-electron chi connectivity index (χ4n) is 6.45. The zero-order valence-corrected chi connectivity index (χ0v) is 19.9. The number of allylic oxidation sites excluding steroid dienone is 3. The lowest BCUT2D eigenvalue weighted by molar-refractivity contribution is -0.126. The van der Waals surface area contributed by atoms with Crippen LogP contribution < -0.4 is 0 Å². The summed E-state index contributed by atoms with van der Waals surface area (Å²) in [5.41, 5.74) is 2.47. The van der Waals surface area contributed by atoms with E-state index < -0.39 is 17.8 Å². The molecule has 0 aromatic carbocycles. The summed E-state index contributed by atoms with van der Waals surface area (Å²) in [5.74, 6) is 1.18. The molecule has 3 aliphatic carbocycles. The van der Waals surface area contributed by atoms with Crippen molar-refractivity contribution in [3.63, 3.8) is 0 Å². The molecular weight excluding hydrogens is 388 g/mol. The highest BCUT2D eigenvalue weighted by atomic mass is 16.3. The average molecular weight is 431 g/mol. The Labute approximate surface area is 188 Å². The Morgan fingerprint density at radius 1 is 1.29 bits per heavy atom. The summed E-state index contributed by atoms with van der Waals surface area (Å²) >= 11 is 0. The van der Waals surface area contributed by atoms with Crippen molar-refractivity contribution in [3.05, 3.63) is 35.5 Å². The maximum absolute atomic E-state index is 12.9. The number of carbonyl (C=O) groups is 1.